The standard InChI is InChI=1S/C22H20ClFN2O3/c1-13-4-7-17(8-5-13)26-14(2)10-18(15(26)3)22(28)29-12-21(27)25-16-6-9-20(24)19(23)11-16/h4-11H,12H2,1-3H3,(H,25,27). The largest absolute Gasteiger partial charge is 0.452 e. The third-order valence-electron chi connectivity index (χ3n) is 4.48. The van der Waals surface area contributed by atoms with Gasteiger partial charge in [-0.25, -0.2) is 9.18 Å². The molecule has 29 heavy (non-hydrogen) atoms. The van der Waals surface area contributed by atoms with Crippen molar-refractivity contribution < 1.29 is 18.7 Å². The molecule has 5 nitrogen and oxygen atoms in total. The molecule has 150 valence electrons. The van der Waals surface area contributed by atoms with Gasteiger partial charge in [0.1, 0.15) is 5.82 Å². The SMILES string of the molecule is Cc1ccc(-n2c(C)cc(C(=O)OCC(=O)Nc3ccc(F)c(Cl)c3)c2C)cc1. The van der Waals surface area contributed by atoms with Crippen LogP contribution < -0.4 is 5.32 Å². The van der Waals surface area contributed by atoms with Gasteiger partial charge in [-0.15, -0.1) is 0 Å². The van der Waals surface area contributed by atoms with Gasteiger partial charge in [0, 0.05) is 22.8 Å². The summed E-state index contributed by atoms with van der Waals surface area (Å²) in [6.07, 6.45) is 0. The van der Waals surface area contributed by atoms with Gasteiger partial charge in [0.25, 0.3) is 5.91 Å². The molecule has 0 aliphatic heterocycles. The summed E-state index contributed by atoms with van der Waals surface area (Å²) in [4.78, 5) is 24.5. The van der Waals surface area contributed by atoms with Crippen molar-refractivity contribution in [2.45, 2.75) is 20.8 Å². The molecule has 0 saturated carbocycles. The van der Waals surface area contributed by atoms with E-state index < -0.39 is 24.3 Å². The Hall–Kier alpha value is -3.12. The quantitative estimate of drug-likeness (QED) is 0.598. The highest BCUT2D eigenvalue weighted by Crippen LogP contribution is 2.22. The van der Waals surface area contributed by atoms with Crippen LogP contribution in [0.1, 0.15) is 27.3 Å². The number of benzene rings is 2. The lowest BCUT2D eigenvalue weighted by atomic mass is 10.2. The van der Waals surface area contributed by atoms with E-state index in [1.165, 1.54) is 12.1 Å². The minimum Gasteiger partial charge on any atom is -0.452 e. The number of ether oxygens (including phenoxy) is 1. The van der Waals surface area contributed by atoms with E-state index in [4.69, 9.17) is 16.3 Å². The van der Waals surface area contributed by atoms with E-state index in [1.54, 1.807) is 6.07 Å². The Morgan fingerprint density at radius 2 is 1.76 bits per heavy atom. The highest BCUT2D eigenvalue weighted by atomic mass is 35.5. The second-order valence-corrected chi connectivity index (χ2v) is 7.12. The van der Waals surface area contributed by atoms with E-state index in [0.29, 0.717) is 11.3 Å². The first-order valence-electron chi connectivity index (χ1n) is 8.94. The Kier molecular flexibility index (Phi) is 6.03. The minimum absolute atomic E-state index is 0.108. The summed E-state index contributed by atoms with van der Waals surface area (Å²) >= 11 is 5.68. The Labute approximate surface area is 173 Å². The lowest BCUT2D eigenvalue weighted by Crippen LogP contribution is -2.21. The number of anilines is 1. The summed E-state index contributed by atoms with van der Waals surface area (Å²) < 4.78 is 20.3. The van der Waals surface area contributed by atoms with Crippen molar-refractivity contribution in [2.24, 2.45) is 0 Å². The Morgan fingerprint density at radius 3 is 2.41 bits per heavy atom. The van der Waals surface area contributed by atoms with E-state index in [2.05, 4.69) is 5.32 Å². The monoisotopic (exact) mass is 414 g/mol. The number of nitrogens with zero attached hydrogens (tertiary/aromatic N) is 1. The lowest BCUT2D eigenvalue weighted by Gasteiger charge is -2.10. The van der Waals surface area contributed by atoms with Crippen molar-refractivity contribution in [3.63, 3.8) is 0 Å². The highest BCUT2D eigenvalue weighted by Gasteiger charge is 2.19. The predicted molar refractivity (Wildman–Crippen MR) is 110 cm³/mol. The van der Waals surface area contributed by atoms with Gasteiger partial charge in [-0.3, -0.25) is 4.79 Å². The number of halogens is 2. The van der Waals surface area contributed by atoms with Gasteiger partial charge in [-0.2, -0.15) is 0 Å². The van der Waals surface area contributed by atoms with Crippen LogP contribution in [0.2, 0.25) is 5.02 Å². The molecule has 0 saturated heterocycles. The maximum Gasteiger partial charge on any atom is 0.340 e. The molecule has 0 spiro atoms. The van der Waals surface area contributed by atoms with E-state index in [-0.39, 0.29) is 5.02 Å². The van der Waals surface area contributed by atoms with Gasteiger partial charge >= 0.3 is 5.97 Å². The van der Waals surface area contributed by atoms with Crippen molar-refractivity contribution in [1.29, 1.82) is 0 Å². The molecule has 1 amide bonds. The van der Waals surface area contributed by atoms with E-state index in [1.807, 2.05) is 49.6 Å². The van der Waals surface area contributed by atoms with Crippen molar-refractivity contribution in [3.8, 4) is 5.69 Å². The van der Waals surface area contributed by atoms with Gasteiger partial charge in [-0.1, -0.05) is 29.3 Å². The summed E-state index contributed by atoms with van der Waals surface area (Å²) in [7, 11) is 0. The van der Waals surface area contributed by atoms with Crippen LogP contribution in [0.25, 0.3) is 5.69 Å². The zero-order chi connectivity index (χ0) is 21.1. The van der Waals surface area contributed by atoms with E-state index >= 15 is 0 Å². The fourth-order valence-electron chi connectivity index (χ4n) is 3.04. The molecule has 1 aromatic heterocycles. The molecule has 0 bridgehead atoms. The molecule has 1 heterocycles. The van der Waals surface area contributed by atoms with Crippen LogP contribution in [-0.2, 0) is 9.53 Å². The summed E-state index contributed by atoms with van der Waals surface area (Å²) in [5, 5.41) is 2.40. The zero-order valence-electron chi connectivity index (χ0n) is 16.3. The van der Waals surface area contributed by atoms with Crippen LogP contribution in [0.4, 0.5) is 10.1 Å². The second-order valence-electron chi connectivity index (χ2n) is 6.71. The van der Waals surface area contributed by atoms with Crippen LogP contribution >= 0.6 is 11.6 Å². The van der Waals surface area contributed by atoms with Crippen molar-refractivity contribution >= 4 is 29.2 Å². The van der Waals surface area contributed by atoms with Crippen LogP contribution in [0.5, 0.6) is 0 Å². The molecule has 3 aromatic rings. The number of rotatable bonds is 5. The Bertz CT molecular complexity index is 1070. The molecule has 0 radical (unpaired) electrons. The topological polar surface area (TPSA) is 60.3 Å². The molecule has 7 heteroatoms. The summed E-state index contributed by atoms with van der Waals surface area (Å²) in [6.45, 7) is 5.26. The first-order valence-corrected chi connectivity index (χ1v) is 9.32. The van der Waals surface area contributed by atoms with Gasteiger partial charge in [0.05, 0.1) is 10.6 Å². The average molecular weight is 415 g/mol. The maximum absolute atomic E-state index is 13.2. The zero-order valence-corrected chi connectivity index (χ0v) is 17.0. The van der Waals surface area contributed by atoms with Crippen LogP contribution in [0.3, 0.4) is 0 Å². The van der Waals surface area contributed by atoms with Gasteiger partial charge < -0.3 is 14.6 Å². The third-order valence-corrected chi connectivity index (χ3v) is 4.77. The molecule has 1 N–H and O–H groups in total. The first kappa shape index (κ1) is 20.6. The van der Waals surface area contributed by atoms with Crippen LogP contribution in [0, 0.1) is 26.6 Å². The number of hydrogen-bond acceptors (Lipinski definition) is 3. The maximum atomic E-state index is 13.2. The fraction of sp³-hybridized carbons (Fsp3) is 0.182. The van der Waals surface area contributed by atoms with Crippen LogP contribution in [-0.4, -0.2) is 23.1 Å². The van der Waals surface area contributed by atoms with Crippen molar-refractivity contribution in [3.05, 3.63) is 81.9 Å². The normalized spacial score (nSPS) is 10.7. The molecule has 0 aliphatic rings. The fourth-order valence-corrected chi connectivity index (χ4v) is 3.22. The molecular weight excluding hydrogens is 395 g/mol. The number of esters is 1. The Balaban J connectivity index is 1.68. The van der Waals surface area contributed by atoms with E-state index in [0.717, 1.165) is 28.7 Å². The number of amides is 1. The number of hydrogen-bond donors (Lipinski definition) is 1. The van der Waals surface area contributed by atoms with E-state index in [9.17, 15) is 14.0 Å². The third kappa shape index (κ3) is 4.66. The van der Waals surface area contributed by atoms with Crippen LogP contribution in [0.15, 0.2) is 48.5 Å². The molecule has 0 atom stereocenters. The van der Waals surface area contributed by atoms with Gasteiger partial charge in [0.2, 0.25) is 0 Å². The van der Waals surface area contributed by atoms with Gasteiger partial charge in [-0.05, 0) is 57.2 Å². The Morgan fingerprint density at radius 1 is 1.07 bits per heavy atom. The van der Waals surface area contributed by atoms with Crippen molar-refractivity contribution in [1.82, 2.24) is 4.57 Å². The highest BCUT2D eigenvalue weighted by molar-refractivity contribution is 6.31. The number of aromatic nitrogens is 1. The minimum atomic E-state index is -0.594. The second kappa shape index (κ2) is 8.49. The molecular formula is C22H20ClFN2O3. The predicted octanol–water partition coefficient (Wildman–Crippen LogP) is 4.99. The van der Waals surface area contributed by atoms with Gasteiger partial charge in [0.15, 0.2) is 6.61 Å². The molecule has 2 aromatic carbocycles. The lowest BCUT2D eigenvalue weighted by molar-refractivity contribution is -0.119. The summed E-state index contributed by atoms with van der Waals surface area (Å²) in [5.74, 6) is -1.72. The molecule has 0 unspecified atom stereocenters. The average Bonchev–Trinajstić information content (AvgIpc) is 2.98. The number of nitrogens with one attached hydrogen (secondary N) is 1. The smallest absolute Gasteiger partial charge is 0.340 e. The summed E-state index contributed by atoms with van der Waals surface area (Å²) in [5.41, 5.74) is 4.39. The first-order chi connectivity index (χ1) is 13.8. The molecule has 0 aliphatic carbocycles. The number of carbonyl (C=O) groups excluding carboxylic acids is 2. The van der Waals surface area contributed by atoms with Crippen molar-refractivity contribution in [2.75, 3.05) is 11.9 Å². The molecule has 3 rings (SSSR count). The number of aryl methyl sites for hydroxylation is 2. The molecule has 0 fully saturated rings. The summed E-state index contributed by atoms with van der Waals surface area (Å²) in [6, 6.07) is 13.5. The number of carbonyl (C=O) groups is 2.